The van der Waals surface area contributed by atoms with Gasteiger partial charge in [-0.1, -0.05) is 24.3 Å². The number of nitrogens with zero attached hydrogens (tertiary/aromatic N) is 3. The Hall–Kier alpha value is -4.20. The highest BCUT2D eigenvalue weighted by Crippen LogP contribution is 2.31. The summed E-state index contributed by atoms with van der Waals surface area (Å²) in [5.41, 5.74) is 10.4. The largest absolute Gasteiger partial charge is 0.485 e. The van der Waals surface area contributed by atoms with Crippen LogP contribution in [0.1, 0.15) is 17.3 Å². The van der Waals surface area contributed by atoms with E-state index < -0.39 is 0 Å². The number of ether oxygens (including phenoxy) is 1. The van der Waals surface area contributed by atoms with Gasteiger partial charge >= 0.3 is 0 Å². The predicted molar refractivity (Wildman–Crippen MR) is 122 cm³/mol. The first-order chi connectivity index (χ1) is 15.1. The van der Waals surface area contributed by atoms with Gasteiger partial charge in [-0.25, -0.2) is 5.53 Å². The molecule has 0 radical (unpaired) electrons. The number of para-hydroxylation sites is 1. The minimum atomic E-state index is -0.213. The Bertz CT molecular complexity index is 1290. The van der Waals surface area contributed by atoms with E-state index in [1.54, 1.807) is 24.3 Å². The van der Waals surface area contributed by atoms with E-state index in [9.17, 15) is 4.79 Å². The van der Waals surface area contributed by atoms with Crippen LogP contribution in [0.4, 0.5) is 5.69 Å². The molecular weight excluding hydrogens is 392 g/mol. The Balaban J connectivity index is 1.53. The third-order valence-electron chi connectivity index (χ3n) is 5.11. The monoisotopic (exact) mass is 414 g/mol. The molecule has 0 saturated carbocycles. The van der Waals surface area contributed by atoms with Crippen LogP contribution in [-0.2, 0) is 6.54 Å². The van der Waals surface area contributed by atoms with Gasteiger partial charge in [-0.05, 0) is 49.4 Å². The lowest BCUT2D eigenvalue weighted by Gasteiger charge is -2.09. The quantitative estimate of drug-likeness (QED) is 0.139. The molecule has 4 rings (SSSR count). The molecule has 156 valence electrons. The molecule has 0 spiro atoms. The summed E-state index contributed by atoms with van der Waals surface area (Å²) in [6.45, 7) is 2.94. The Labute approximate surface area is 178 Å². The van der Waals surface area contributed by atoms with Crippen LogP contribution in [0.25, 0.3) is 21.8 Å². The maximum atomic E-state index is 12.7. The van der Waals surface area contributed by atoms with Crippen molar-refractivity contribution < 1.29 is 9.53 Å². The van der Waals surface area contributed by atoms with Crippen LogP contribution < -0.4 is 15.9 Å². The lowest BCUT2D eigenvalue weighted by atomic mass is 10.1. The average molecular weight is 414 g/mol. The number of carbonyl (C=O) groups is 1. The lowest BCUT2D eigenvalue weighted by Crippen LogP contribution is -2.12. The fourth-order valence-corrected chi connectivity index (χ4v) is 3.62. The number of rotatable bonds is 6. The second-order valence-corrected chi connectivity index (χ2v) is 6.92. The zero-order valence-corrected chi connectivity index (χ0v) is 17.0. The van der Waals surface area contributed by atoms with Gasteiger partial charge < -0.3 is 20.5 Å². The number of hydrazone groups is 1. The van der Waals surface area contributed by atoms with Crippen molar-refractivity contribution >= 4 is 39.2 Å². The van der Waals surface area contributed by atoms with E-state index in [-0.39, 0.29) is 18.3 Å². The predicted octanol–water partition coefficient (Wildman–Crippen LogP) is 4.75. The molecule has 0 fully saturated rings. The van der Waals surface area contributed by atoms with Crippen LogP contribution in [0.2, 0.25) is 0 Å². The molecule has 8 heteroatoms. The lowest BCUT2D eigenvalue weighted by molar-refractivity contribution is 0.102. The molecule has 4 aromatic rings. The molecule has 4 N–H and O–H groups in total. The Kier molecular flexibility index (Phi) is 5.61. The molecule has 31 heavy (non-hydrogen) atoms. The number of benzene rings is 3. The molecule has 3 aromatic carbocycles. The van der Waals surface area contributed by atoms with Gasteiger partial charge in [-0.15, -0.1) is 5.11 Å². The number of fused-ring (bicyclic) bond motifs is 3. The van der Waals surface area contributed by atoms with E-state index in [1.165, 1.54) is 10.9 Å². The molecular formula is C23H22N6O2. The molecule has 0 aliphatic rings. The van der Waals surface area contributed by atoms with E-state index in [1.807, 2.05) is 30.3 Å². The van der Waals surface area contributed by atoms with Gasteiger partial charge in [0.2, 0.25) is 5.84 Å². The van der Waals surface area contributed by atoms with Gasteiger partial charge in [0.1, 0.15) is 5.75 Å². The van der Waals surface area contributed by atoms with E-state index >= 15 is 0 Å². The number of amidine groups is 1. The van der Waals surface area contributed by atoms with Crippen LogP contribution in [0, 0.1) is 5.53 Å². The maximum Gasteiger partial charge on any atom is 0.255 e. The molecule has 0 aliphatic heterocycles. The number of hydrogen-bond acceptors (Lipinski definition) is 5. The van der Waals surface area contributed by atoms with Crippen molar-refractivity contribution in [2.24, 2.45) is 16.1 Å². The minimum Gasteiger partial charge on any atom is -0.485 e. The van der Waals surface area contributed by atoms with Gasteiger partial charge in [0.15, 0.2) is 6.61 Å². The highest BCUT2D eigenvalue weighted by Gasteiger charge is 2.12. The zero-order chi connectivity index (χ0) is 21.8. The number of nitrogens with two attached hydrogens (primary N) is 1. The molecule has 0 bridgehead atoms. The normalized spacial score (nSPS) is 11.6. The summed E-state index contributed by atoms with van der Waals surface area (Å²) in [6, 6.07) is 21.0. The van der Waals surface area contributed by atoms with Gasteiger partial charge in [-0.3, -0.25) is 4.79 Å². The smallest absolute Gasteiger partial charge is 0.255 e. The van der Waals surface area contributed by atoms with Gasteiger partial charge in [0.05, 0.1) is 5.52 Å². The van der Waals surface area contributed by atoms with Crippen molar-refractivity contribution in [3.05, 3.63) is 72.3 Å². The van der Waals surface area contributed by atoms with Gasteiger partial charge in [-0.2, -0.15) is 5.10 Å². The number of aryl methyl sites for hydroxylation is 1. The first kappa shape index (κ1) is 20.1. The molecule has 0 saturated heterocycles. The van der Waals surface area contributed by atoms with E-state index in [4.69, 9.17) is 16.1 Å². The second-order valence-electron chi connectivity index (χ2n) is 6.92. The summed E-state index contributed by atoms with van der Waals surface area (Å²) in [7, 11) is 0. The van der Waals surface area contributed by atoms with Crippen LogP contribution in [0.3, 0.4) is 0 Å². The number of amides is 1. The summed E-state index contributed by atoms with van der Waals surface area (Å²) in [4.78, 5) is 12.7. The van der Waals surface area contributed by atoms with Crippen molar-refractivity contribution in [2.45, 2.75) is 13.5 Å². The van der Waals surface area contributed by atoms with Gasteiger partial charge in [0.25, 0.3) is 5.91 Å². The molecule has 0 atom stereocenters. The molecule has 1 heterocycles. The van der Waals surface area contributed by atoms with Crippen molar-refractivity contribution in [3.8, 4) is 5.75 Å². The number of hydrogen-bond donors (Lipinski definition) is 3. The number of aromatic nitrogens is 1. The summed E-state index contributed by atoms with van der Waals surface area (Å²) in [6.07, 6.45) is 0. The Morgan fingerprint density at radius 2 is 1.81 bits per heavy atom. The summed E-state index contributed by atoms with van der Waals surface area (Å²) in [5.74, 6) is 5.48. The van der Waals surface area contributed by atoms with Gasteiger partial charge in [0, 0.05) is 34.1 Å². The molecule has 1 aromatic heterocycles. The van der Waals surface area contributed by atoms with Crippen LogP contribution in [-0.4, -0.2) is 22.9 Å². The fourth-order valence-electron chi connectivity index (χ4n) is 3.62. The minimum absolute atomic E-state index is 0.0169. The highest BCUT2D eigenvalue weighted by molar-refractivity contribution is 6.10. The number of carbonyl (C=O) groups excluding carboxylic acids is 1. The van der Waals surface area contributed by atoms with Crippen molar-refractivity contribution in [1.82, 2.24) is 4.57 Å². The average Bonchev–Trinajstić information content (AvgIpc) is 3.13. The third-order valence-corrected chi connectivity index (χ3v) is 5.11. The Morgan fingerprint density at radius 1 is 1.06 bits per heavy atom. The number of nitrogens with one attached hydrogen (secondary N) is 2. The SMILES string of the molecule is CCn1c2ccccc2c2ccc(NC(=O)c3ccc(OC/C(N=N)=N/N)cc3)cc21. The second kappa shape index (κ2) is 8.66. The van der Waals surface area contributed by atoms with E-state index in [0.717, 1.165) is 23.1 Å². The summed E-state index contributed by atoms with van der Waals surface area (Å²) >= 11 is 0. The standard InChI is InChI=1S/C23H22N6O2/c1-2-29-20-6-4-3-5-18(20)19-12-9-16(13-21(19)29)26-23(30)15-7-10-17(11-8-15)31-14-22(27-24)28-25/h3-13,24H,2,14,25H2,1H3,(H,26,30)/b27-24?,28-22-. The van der Waals surface area contributed by atoms with Crippen LogP contribution in [0.15, 0.2) is 76.9 Å². The van der Waals surface area contributed by atoms with Crippen molar-refractivity contribution in [3.63, 3.8) is 0 Å². The topological polar surface area (TPSA) is 118 Å². The van der Waals surface area contributed by atoms with Crippen LogP contribution in [0.5, 0.6) is 5.75 Å². The van der Waals surface area contributed by atoms with Crippen molar-refractivity contribution in [2.75, 3.05) is 11.9 Å². The van der Waals surface area contributed by atoms with E-state index in [0.29, 0.717) is 11.3 Å². The first-order valence-corrected chi connectivity index (χ1v) is 9.84. The molecule has 0 aliphatic carbocycles. The third kappa shape index (κ3) is 3.95. The molecule has 1 amide bonds. The first-order valence-electron chi connectivity index (χ1n) is 9.84. The fraction of sp³-hybridized carbons (Fsp3) is 0.130. The Morgan fingerprint density at radius 3 is 2.52 bits per heavy atom. The zero-order valence-electron chi connectivity index (χ0n) is 17.0. The highest BCUT2D eigenvalue weighted by atomic mass is 16.5. The number of anilines is 1. The summed E-state index contributed by atoms with van der Waals surface area (Å²) < 4.78 is 7.69. The van der Waals surface area contributed by atoms with E-state index in [2.05, 4.69) is 39.2 Å². The summed E-state index contributed by atoms with van der Waals surface area (Å²) in [5, 5.41) is 11.8. The maximum absolute atomic E-state index is 12.7. The molecule has 8 nitrogen and oxygen atoms in total. The van der Waals surface area contributed by atoms with Crippen LogP contribution >= 0.6 is 0 Å². The van der Waals surface area contributed by atoms with Crippen molar-refractivity contribution in [1.29, 1.82) is 5.53 Å². The molecule has 0 unspecified atom stereocenters.